The van der Waals surface area contributed by atoms with Crippen molar-refractivity contribution in [1.82, 2.24) is 20.3 Å². The molecule has 0 saturated heterocycles. The number of nitrogens with zero attached hydrogens (tertiary/aromatic N) is 3. The fourth-order valence-corrected chi connectivity index (χ4v) is 3.13. The third kappa shape index (κ3) is 9.45. The van der Waals surface area contributed by atoms with E-state index in [0.29, 0.717) is 5.84 Å². The highest BCUT2D eigenvalue weighted by Crippen LogP contribution is 2.23. The van der Waals surface area contributed by atoms with Crippen LogP contribution in [0.25, 0.3) is 16.6 Å². The standard InChI is InChI=1S/C22H26N4.C3H8N2.C3H6/c1-5-8-19(24-12-10-18-9-6-7-11-23-18)17(4)22-25-20-14-15(2)13-16(3)21(20)26-22;1-3(4)5-2;1-3-2/h5-9,11,13-14,24H,10,12H2,1-4H3,(H,25,26);1-2H3,(H2,4,5);3H,1H2,2H3/b8-5-,19-17-;;. The van der Waals surface area contributed by atoms with Crippen LogP contribution in [0.2, 0.25) is 0 Å². The number of aromatic amines is 1. The first-order valence-electron chi connectivity index (χ1n) is 11.5. The zero-order chi connectivity index (χ0) is 25.5. The van der Waals surface area contributed by atoms with Crippen LogP contribution in [0.4, 0.5) is 0 Å². The summed E-state index contributed by atoms with van der Waals surface area (Å²) in [6.07, 6.45) is 8.61. The van der Waals surface area contributed by atoms with E-state index < -0.39 is 0 Å². The molecule has 0 radical (unpaired) electrons. The summed E-state index contributed by atoms with van der Waals surface area (Å²) < 4.78 is 0. The number of benzene rings is 1. The van der Waals surface area contributed by atoms with Gasteiger partial charge in [-0.15, -0.1) is 6.58 Å². The van der Waals surface area contributed by atoms with Gasteiger partial charge in [-0.1, -0.05) is 24.3 Å². The molecular formula is C28H40N6. The van der Waals surface area contributed by atoms with Gasteiger partial charge in [-0.25, -0.2) is 4.98 Å². The number of amidine groups is 1. The molecule has 0 aliphatic carbocycles. The van der Waals surface area contributed by atoms with Crippen molar-refractivity contribution < 1.29 is 0 Å². The molecule has 2 heterocycles. The highest BCUT2D eigenvalue weighted by molar-refractivity contribution is 5.82. The smallest absolute Gasteiger partial charge is 0.136 e. The lowest BCUT2D eigenvalue weighted by molar-refractivity contribution is 0.788. The summed E-state index contributed by atoms with van der Waals surface area (Å²) >= 11 is 0. The number of aryl methyl sites for hydroxylation is 2. The maximum Gasteiger partial charge on any atom is 0.136 e. The Bertz CT molecular complexity index is 1120. The predicted molar refractivity (Wildman–Crippen MR) is 148 cm³/mol. The summed E-state index contributed by atoms with van der Waals surface area (Å²) in [7, 11) is 1.66. The Morgan fingerprint density at radius 3 is 2.44 bits per heavy atom. The van der Waals surface area contributed by atoms with Gasteiger partial charge < -0.3 is 16.0 Å². The van der Waals surface area contributed by atoms with Gasteiger partial charge in [-0.2, -0.15) is 0 Å². The third-order valence-electron chi connectivity index (χ3n) is 4.79. The van der Waals surface area contributed by atoms with E-state index in [2.05, 4.69) is 71.9 Å². The van der Waals surface area contributed by atoms with E-state index in [1.54, 1.807) is 20.0 Å². The van der Waals surface area contributed by atoms with Gasteiger partial charge in [0.05, 0.1) is 16.9 Å². The van der Waals surface area contributed by atoms with Crippen LogP contribution in [0, 0.1) is 13.8 Å². The summed E-state index contributed by atoms with van der Waals surface area (Å²) in [6.45, 7) is 16.2. The highest BCUT2D eigenvalue weighted by atomic mass is 14.9. The lowest BCUT2D eigenvalue weighted by Gasteiger charge is -2.10. The van der Waals surface area contributed by atoms with E-state index in [1.165, 1.54) is 11.1 Å². The monoisotopic (exact) mass is 460 g/mol. The van der Waals surface area contributed by atoms with E-state index >= 15 is 0 Å². The summed E-state index contributed by atoms with van der Waals surface area (Å²) in [6, 6.07) is 10.3. The van der Waals surface area contributed by atoms with Crippen LogP contribution in [-0.4, -0.2) is 34.4 Å². The molecule has 182 valence electrons. The summed E-state index contributed by atoms with van der Waals surface area (Å²) in [5.74, 6) is 1.54. The Morgan fingerprint density at radius 1 is 1.21 bits per heavy atom. The van der Waals surface area contributed by atoms with E-state index in [4.69, 9.17) is 10.7 Å². The van der Waals surface area contributed by atoms with Gasteiger partial charge in [0.25, 0.3) is 0 Å². The molecule has 1 aromatic carbocycles. The number of aromatic nitrogens is 3. The molecule has 0 bridgehead atoms. The number of allylic oxidation sites excluding steroid dienone is 4. The molecular weight excluding hydrogens is 420 g/mol. The van der Waals surface area contributed by atoms with Crippen LogP contribution in [0.5, 0.6) is 0 Å². The van der Waals surface area contributed by atoms with Gasteiger partial charge in [0.2, 0.25) is 0 Å². The van der Waals surface area contributed by atoms with Gasteiger partial charge in [-0.05, 0) is 76.9 Å². The predicted octanol–water partition coefficient (Wildman–Crippen LogP) is 5.90. The van der Waals surface area contributed by atoms with Crippen molar-refractivity contribution in [3.8, 4) is 0 Å². The zero-order valence-corrected chi connectivity index (χ0v) is 21.7. The van der Waals surface area contributed by atoms with Gasteiger partial charge >= 0.3 is 0 Å². The largest absolute Gasteiger partial charge is 0.388 e. The number of aliphatic imine (C=N–C) groups is 1. The number of nitrogens with two attached hydrogens (primary N) is 1. The fourth-order valence-electron chi connectivity index (χ4n) is 3.13. The van der Waals surface area contributed by atoms with E-state index in [-0.39, 0.29) is 0 Å². The van der Waals surface area contributed by atoms with E-state index in [1.807, 2.05) is 38.3 Å². The molecule has 0 spiro atoms. The first-order valence-corrected chi connectivity index (χ1v) is 11.5. The molecule has 0 aliphatic rings. The number of hydrogen-bond donors (Lipinski definition) is 3. The van der Waals surface area contributed by atoms with Crippen molar-refractivity contribution in [3.05, 3.63) is 89.7 Å². The first kappa shape index (κ1) is 28.4. The third-order valence-corrected chi connectivity index (χ3v) is 4.79. The molecule has 0 fully saturated rings. The molecule has 0 amide bonds. The Labute approximate surface area is 204 Å². The number of nitrogens with one attached hydrogen (secondary N) is 2. The van der Waals surface area contributed by atoms with Crippen LogP contribution >= 0.6 is 0 Å². The van der Waals surface area contributed by atoms with Crippen molar-refractivity contribution in [2.24, 2.45) is 10.7 Å². The number of rotatable bonds is 6. The van der Waals surface area contributed by atoms with Crippen molar-refractivity contribution in [2.45, 2.75) is 48.0 Å². The number of pyridine rings is 1. The molecule has 0 unspecified atom stereocenters. The van der Waals surface area contributed by atoms with Gasteiger partial charge in [0, 0.05) is 43.2 Å². The van der Waals surface area contributed by atoms with Crippen molar-refractivity contribution in [3.63, 3.8) is 0 Å². The van der Waals surface area contributed by atoms with E-state index in [9.17, 15) is 0 Å². The maximum absolute atomic E-state index is 5.04. The first-order chi connectivity index (χ1) is 16.3. The summed E-state index contributed by atoms with van der Waals surface area (Å²) in [4.78, 5) is 16.3. The molecule has 4 N–H and O–H groups in total. The van der Waals surface area contributed by atoms with Crippen LogP contribution in [0.15, 0.2) is 72.0 Å². The lowest BCUT2D eigenvalue weighted by Crippen LogP contribution is -2.17. The molecule has 3 aromatic rings. The van der Waals surface area contributed by atoms with Crippen LogP contribution < -0.4 is 11.1 Å². The average Bonchev–Trinajstić information content (AvgIpc) is 3.24. The summed E-state index contributed by atoms with van der Waals surface area (Å²) in [5, 5.41) is 3.53. The molecule has 2 aromatic heterocycles. The average molecular weight is 461 g/mol. The molecule has 3 rings (SSSR count). The minimum atomic E-state index is 0.630. The van der Waals surface area contributed by atoms with Crippen LogP contribution in [-0.2, 0) is 6.42 Å². The molecule has 0 saturated carbocycles. The zero-order valence-electron chi connectivity index (χ0n) is 21.7. The van der Waals surface area contributed by atoms with Crippen LogP contribution in [0.1, 0.15) is 50.3 Å². The number of hydrogen-bond acceptors (Lipinski definition) is 4. The normalized spacial score (nSPS) is 11.8. The Kier molecular flexibility index (Phi) is 12.7. The molecule has 0 aliphatic heterocycles. The quantitative estimate of drug-likeness (QED) is 0.185. The SMILES string of the molecule is C/C=C\C(NCCc1ccccn1)=C(/C)c1nc2c(C)cc(C)cc2[nH]1.C=CC.CN=C(C)N. The van der Waals surface area contributed by atoms with Crippen molar-refractivity contribution in [1.29, 1.82) is 0 Å². The van der Waals surface area contributed by atoms with Crippen LogP contribution in [0.3, 0.4) is 0 Å². The number of H-pyrrole nitrogens is 1. The minimum Gasteiger partial charge on any atom is -0.388 e. The number of fused-ring (bicyclic) bond motifs is 1. The topological polar surface area (TPSA) is 92.0 Å². The number of imidazole rings is 1. The Hall–Kier alpha value is -3.67. The molecule has 6 heteroatoms. The molecule has 0 atom stereocenters. The maximum atomic E-state index is 5.04. The Balaban J connectivity index is 0.000000629. The summed E-state index contributed by atoms with van der Waals surface area (Å²) in [5.41, 5.74) is 12.9. The van der Waals surface area contributed by atoms with Gasteiger partial charge in [-0.3, -0.25) is 9.98 Å². The Morgan fingerprint density at radius 2 is 1.88 bits per heavy atom. The second kappa shape index (κ2) is 15.2. The van der Waals surface area contributed by atoms with E-state index in [0.717, 1.165) is 46.8 Å². The highest BCUT2D eigenvalue weighted by Gasteiger charge is 2.10. The van der Waals surface area contributed by atoms with Crippen molar-refractivity contribution in [2.75, 3.05) is 13.6 Å². The molecule has 6 nitrogen and oxygen atoms in total. The lowest BCUT2D eigenvalue weighted by atomic mass is 10.1. The minimum absolute atomic E-state index is 0.630. The second-order valence-corrected chi connectivity index (χ2v) is 7.87. The van der Waals surface area contributed by atoms with Crippen molar-refractivity contribution >= 4 is 22.4 Å². The van der Waals surface area contributed by atoms with Gasteiger partial charge in [0.1, 0.15) is 5.82 Å². The second-order valence-electron chi connectivity index (χ2n) is 7.87. The fraction of sp³-hybridized carbons (Fsp3) is 0.321. The van der Waals surface area contributed by atoms with Gasteiger partial charge in [0.15, 0.2) is 0 Å². The molecule has 34 heavy (non-hydrogen) atoms.